The molecule has 0 aliphatic carbocycles. The van der Waals surface area contributed by atoms with Gasteiger partial charge in [-0.05, 0) is 0 Å². The number of pyridine rings is 1. The molecule has 0 atom stereocenters. The van der Waals surface area contributed by atoms with Crippen molar-refractivity contribution in [3.05, 3.63) is 65.0 Å². The van der Waals surface area contributed by atoms with Crippen LogP contribution in [0.15, 0.2) is 49.2 Å². The standard InChI is InChI=1S/C10H10N3O2/c14-12-6-7-13(15)10(9-12)8-11-4-2-1-3-5-11/h1-7,9H,8H2/q+1. The number of nitrogens with zero attached hydrogens (tertiary/aromatic N) is 3. The van der Waals surface area contributed by atoms with E-state index in [1.54, 1.807) is 0 Å². The van der Waals surface area contributed by atoms with Crippen molar-refractivity contribution in [3.63, 3.8) is 0 Å². The lowest BCUT2D eigenvalue weighted by atomic mass is 10.4. The molecule has 5 nitrogen and oxygen atoms in total. The van der Waals surface area contributed by atoms with Crippen LogP contribution < -0.4 is 8.99 Å². The van der Waals surface area contributed by atoms with Crippen LogP contribution in [0, 0.1) is 10.1 Å². The Kier molecular flexibility index (Phi) is 2.45. The Balaban J connectivity index is 2.32. The molecule has 5 heteroatoms. The van der Waals surface area contributed by atoms with Crippen LogP contribution in [-0.2, 0) is 6.54 Å². The molecule has 0 N–H and O–H groups in total. The average Bonchev–Trinajstić information content (AvgIpc) is 2.25. The molecule has 0 aliphatic heterocycles. The molecule has 2 rings (SSSR count). The fourth-order valence-electron chi connectivity index (χ4n) is 1.31. The Hall–Kier alpha value is -2.17. The van der Waals surface area contributed by atoms with Crippen LogP contribution in [0.1, 0.15) is 5.69 Å². The summed E-state index contributed by atoms with van der Waals surface area (Å²) >= 11 is 0. The molecule has 2 aromatic rings. The SMILES string of the molecule is O=[n+]1ccn([O-])c(C[n+]2ccccc2)c1. The molecular weight excluding hydrogens is 194 g/mol. The van der Waals surface area contributed by atoms with E-state index in [-0.39, 0.29) is 0 Å². The second-order valence-corrected chi connectivity index (χ2v) is 3.15. The highest BCUT2D eigenvalue weighted by molar-refractivity contribution is 4.94. The molecule has 0 aliphatic rings. The van der Waals surface area contributed by atoms with Gasteiger partial charge in [-0.15, -0.1) is 0 Å². The summed E-state index contributed by atoms with van der Waals surface area (Å²) in [4.78, 5) is 11.0. The van der Waals surface area contributed by atoms with E-state index in [4.69, 9.17) is 0 Å². The first-order valence-corrected chi connectivity index (χ1v) is 4.50. The number of hydrogen-bond donors (Lipinski definition) is 0. The molecule has 0 unspecified atom stereocenters. The lowest BCUT2D eigenvalue weighted by molar-refractivity contribution is -0.689. The smallest absolute Gasteiger partial charge is 0.253 e. The fourth-order valence-corrected chi connectivity index (χ4v) is 1.31. The maximum Gasteiger partial charge on any atom is 0.253 e. The van der Waals surface area contributed by atoms with Crippen molar-refractivity contribution in [2.75, 3.05) is 0 Å². The molecule has 0 spiro atoms. The molecule has 0 saturated heterocycles. The lowest BCUT2D eigenvalue weighted by Gasteiger charge is -2.10. The lowest BCUT2D eigenvalue weighted by Crippen LogP contribution is -2.35. The molecule has 0 radical (unpaired) electrons. The van der Waals surface area contributed by atoms with Gasteiger partial charge in [0, 0.05) is 17.0 Å². The predicted molar refractivity (Wildman–Crippen MR) is 52.3 cm³/mol. The van der Waals surface area contributed by atoms with Gasteiger partial charge < -0.3 is 9.94 Å². The van der Waals surface area contributed by atoms with Gasteiger partial charge in [-0.2, -0.15) is 4.57 Å². The highest BCUT2D eigenvalue weighted by atomic mass is 16.5. The monoisotopic (exact) mass is 204 g/mol. The minimum absolute atomic E-state index is 0.382. The van der Waals surface area contributed by atoms with Crippen LogP contribution in [0.5, 0.6) is 0 Å². The van der Waals surface area contributed by atoms with Crippen LogP contribution >= 0.6 is 0 Å². The summed E-state index contributed by atoms with van der Waals surface area (Å²) in [7, 11) is 0. The van der Waals surface area contributed by atoms with Gasteiger partial charge in [0.2, 0.25) is 6.20 Å². The normalized spacial score (nSPS) is 10.1. The zero-order chi connectivity index (χ0) is 10.7. The van der Waals surface area contributed by atoms with Crippen LogP contribution in [0.25, 0.3) is 0 Å². The van der Waals surface area contributed by atoms with Gasteiger partial charge in [-0.1, -0.05) is 6.07 Å². The van der Waals surface area contributed by atoms with Gasteiger partial charge in [0.15, 0.2) is 18.9 Å². The molecule has 0 fully saturated rings. The van der Waals surface area contributed by atoms with Crippen LogP contribution in [0.3, 0.4) is 0 Å². The second kappa shape index (κ2) is 3.91. The summed E-state index contributed by atoms with van der Waals surface area (Å²) in [6, 6.07) is 5.62. The highest BCUT2D eigenvalue weighted by Gasteiger charge is 2.07. The van der Waals surface area contributed by atoms with Crippen molar-refractivity contribution in [2.24, 2.45) is 0 Å². The van der Waals surface area contributed by atoms with E-state index in [1.807, 2.05) is 35.2 Å². The summed E-state index contributed by atoms with van der Waals surface area (Å²) in [6.45, 7) is 0.382. The van der Waals surface area contributed by atoms with Gasteiger partial charge in [-0.25, -0.2) is 0 Å². The summed E-state index contributed by atoms with van der Waals surface area (Å²) in [5.41, 5.74) is 0.406. The van der Waals surface area contributed by atoms with Gasteiger partial charge >= 0.3 is 0 Å². The molecule has 0 aromatic carbocycles. The van der Waals surface area contributed by atoms with E-state index < -0.39 is 0 Å². The quantitative estimate of drug-likeness (QED) is 0.651. The Bertz CT molecular complexity index is 508. The first kappa shape index (κ1) is 9.39. The number of aromatic nitrogens is 3. The topological polar surface area (TPSA) is 54.8 Å². The van der Waals surface area contributed by atoms with E-state index in [0.29, 0.717) is 21.4 Å². The zero-order valence-electron chi connectivity index (χ0n) is 7.98. The van der Waals surface area contributed by atoms with Crippen molar-refractivity contribution in [1.29, 1.82) is 0 Å². The predicted octanol–water partition coefficient (Wildman–Crippen LogP) is 0.0843. The average molecular weight is 204 g/mol. The van der Waals surface area contributed by atoms with Crippen molar-refractivity contribution in [2.45, 2.75) is 6.54 Å². The summed E-state index contributed by atoms with van der Waals surface area (Å²) in [5, 5.41) is 11.3. The maximum absolute atomic E-state index is 11.3. The second-order valence-electron chi connectivity index (χ2n) is 3.15. The molecule has 0 bridgehead atoms. The van der Waals surface area contributed by atoms with E-state index >= 15 is 0 Å². The molecule has 0 amide bonds. The Morgan fingerprint density at radius 3 is 2.67 bits per heavy atom. The molecule has 2 heterocycles. The van der Waals surface area contributed by atoms with E-state index in [1.165, 1.54) is 18.6 Å². The zero-order valence-corrected chi connectivity index (χ0v) is 7.98. The van der Waals surface area contributed by atoms with Crippen molar-refractivity contribution in [1.82, 2.24) is 4.73 Å². The minimum Gasteiger partial charge on any atom is -0.805 e. The summed E-state index contributed by atoms with van der Waals surface area (Å²) < 4.78 is 3.13. The molecular formula is C10H10N3O2+. The third-order valence-corrected chi connectivity index (χ3v) is 2.03. The van der Waals surface area contributed by atoms with Crippen LogP contribution in [-0.4, -0.2) is 4.73 Å². The van der Waals surface area contributed by atoms with Crippen molar-refractivity contribution < 1.29 is 8.99 Å². The Morgan fingerprint density at radius 2 is 1.93 bits per heavy atom. The summed E-state index contributed by atoms with van der Waals surface area (Å²) in [6.07, 6.45) is 7.31. The van der Waals surface area contributed by atoms with E-state index in [9.17, 15) is 10.1 Å². The molecule has 0 saturated carbocycles. The summed E-state index contributed by atoms with van der Waals surface area (Å²) in [5.74, 6) is 0. The highest BCUT2D eigenvalue weighted by Crippen LogP contribution is 1.92. The van der Waals surface area contributed by atoms with Crippen molar-refractivity contribution in [3.8, 4) is 0 Å². The number of rotatable bonds is 2. The van der Waals surface area contributed by atoms with Gasteiger partial charge in [0.05, 0.1) is 10.6 Å². The first-order valence-electron chi connectivity index (χ1n) is 4.50. The maximum atomic E-state index is 11.3. The number of hydrogen-bond acceptors (Lipinski definition) is 2. The van der Waals surface area contributed by atoms with Gasteiger partial charge in [0.1, 0.15) is 5.69 Å². The third-order valence-electron chi connectivity index (χ3n) is 2.03. The first-order chi connectivity index (χ1) is 7.25. The Labute approximate surface area is 86.0 Å². The van der Waals surface area contributed by atoms with Gasteiger partial charge in [-0.3, -0.25) is 0 Å². The third kappa shape index (κ3) is 2.19. The molecule has 76 valence electrons. The van der Waals surface area contributed by atoms with Crippen LogP contribution in [0.2, 0.25) is 0 Å². The van der Waals surface area contributed by atoms with Gasteiger partial charge in [0.25, 0.3) is 6.20 Å². The molecule has 15 heavy (non-hydrogen) atoms. The molecule has 2 aromatic heterocycles. The largest absolute Gasteiger partial charge is 0.805 e. The van der Waals surface area contributed by atoms with Crippen molar-refractivity contribution >= 4 is 0 Å². The van der Waals surface area contributed by atoms with Crippen LogP contribution in [0.4, 0.5) is 0 Å². The van der Waals surface area contributed by atoms with E-state index in [0.717, 1.165) is 0 Å². The fraction of sp³-hybridized carbons (Fsp3) is 0.100. The van der Waals surface area contributed by atoms with E-state index in [2.05, 4.69) is 0 Å². The Morgan fingerprint density at radius 1 is 1.20 bits per heavy atom. The minimum atomic E-state index is 0.382.